The van der Waals surface area contributed by atoms with Crippen LogP contribution in [0.4, 0.5) is 27.6 Å². The van der Waals surface area contributed by atoms with E-state index in [-0.39, 0.29) is 36.5 Å². The zero-order chi connectivity index (χ0) is 23.3. The van der Waals surface area contributed by atoms with Gasteiger partial charge in [-0.05, 0) is 37.3 Å². The zero-order valence-corrected chi connectivity index (χ0v) is 16.8. The Labute approximate surface area is 179 Å². The SMILES string of the molecule is NC(=O)c1cc(NC(=O)c2c(C(F)(F)F)c(C3CC3)nn2CC2CCC(F)(F)C2)ccn1. The van der Waals surface area contributed by atoms with E-state index in [2.05, 4.69) is 15.4 Å². The lowest BCUT2D eigenvalue weighted by molar-refractivity contribution is -0.138. The van der Waals surface area contributed by atoms with Gasteiger partial charge in [0, 0.05) is 37.2 Å². The van der Waals surface area contributed by atoms with Crippen molar-refractivity contribution in [2.24, 2.45) is 11.7 Å². The molecule has 2 aromatic rings. The number of aromatic nitrogens is 3. The van der Waals surface area contributed by atoms with Crippen LogP contribution < -0.4 is 11.1 Å². The van der Waals surface area contributed by atoms with Crippen molar-refractivity contribution in [3.05, 3.63) is 41.0 Å². The fourth-order valence-electron chi connectivity index (χ4n) is 4.04. The third-order valence-electron chi connectivity index (χ3n) is 5.65. The zero-order valence-electron chi connectivity index (χ0n) is 16.8. The van der Waals surface area contributed by atoms with E-state index in [0.29, 0.717) is 12.8 Å². The number of nitrogens with zero attached hydrogens (tertiary/aromatic N) is 3. The quantitative estimate of drug-likeness (QED) is 0.641. The molecule has 1 unspecified atom stereocenters. The number of alkyl halides is 5. The van der Waals surface area contributed by atoms with E-state index in [4.69, 9.17) is 5.73 Å². The first kappa shape index (κ1) is 22.2. The second-order valence-corrected chi connectivity index (χ2v) is 8.28. The summed E-state index contributed by atoms with van der Waals surface area (Å²) >= 11 is 0. The topological polar surface area (TPSA) is 103 Å². The molecule has 12 heteroatoms. The molecule has 2 fully saturated rings. The molecule has 0 bridgehead atoms. The lowest BCUT2D eigenvalue weighted by atomic mass is 10.1. The average molecular weight is 457 g/mol. The van der Waals surface area contributed by atoms with Crippen molar-refractivity contribution < 1.29 is 31.5 Å². The minimum Gasteiger partial charge on any atom is -0.364 e. The molecule has 1 atom stereocenters. The molecule has 2 aliphatic rings. The first-order valence-electron chi connectivity index (χ1n) is 10.1. The first-order chi connectivity index (χ1) is 14.9. The Morgan fingerprint density at radius 2 is 1.97 bits per heavy atom. The van der Waals surface area contributed by atoms with Gasteiger partial charge in [-0.2, -0.15) is 18.3 Å². The van der Waals surface area contributed by atoms with Crippen molar-refractivity contribution in [2.45, 2.75) is 56.7 Å². The van der Waals surface area contributed by atoms with Crippen LogP contribution in [-0.4, -0.2) is 32.5 Å². The number of amides is 2. The first-order valence-corrected chi connectivity index (χ1v) is 10.1. The van der Waals surface area contributed by atoms with Crippen molar-refractivity contribution >= 4 is 17.5 Å². The molecule has 0 radical (unpaired) electrons. The Bertz CT molecular complexity index is 1060. The summed E-state index contributed by atoms with van der Waals surface area (Å²) < 4.78 is 70.1. The summed E-state index contributed by atoms with van der Waals surface area (Å²) in [7, 11) is 0. The molecular weight excluding hydrogens is 437 g/mol. The molecular formula is C20H20F5N5O2. The summed E-state index contributed by atoms with van der Waals surface area (Å²) in [6, 6.07) is 2.42. The number of carbonyl (C=O) groups is 2. The highest BCUT2D eigenvalue weighted by Gasteiger charge is 2.47. The van der Waals surface area contributed by atoms with Crippen LogP contribution in [-0.2, 0) is 12.7 Å². The standard InChI is InChI=1S/C20H20F5N5O2/c21-19(22)5-3-10(8-19)9-30-16(14(20(23,24)25)15(29-30)11-1-2-11)18(32)28-12-4-6-27-13(7-12)17(26)31/h4,6-7,10-11H,1-3,5,8-9H2,(H2,26,31)(H,27,28,32). The molecule has 32 heavy (non-hydrogen) atoms. The Kier molecular flexibility index (Phi) is 5.41. The predicted octanol–water partition coefficient (Wildman–Crippen LogP) is 3.96. The van der Waals surface area contributed by atoms with E-state index in [1.807, 2.05) is 0 Å². The van der Waals surface area contributed by atoms with E-state index < -0.39 is 53.4 Å². The largest absolute Gasteiger partial charge is 0.420 e. The average Bonchev–Trinajstić information content (AvgIpc) is 3.37. The van der Waals surface area contributed by atoms with Gasteiger partial charge in [-0.25, -0.2) is 8.78 Å². The van der Waals surface area contributed by atoms with Gasteiger partial charge < -0.3 is 11.1 Å². The Morgan fingerprint density at radius 1 is 1.25 bits per heavy atom. The van der Waals surface area contributed by atoms with Crippen LogP contribution in [0.3, 0.4) is 0 Å². The molecule has 2 aliphatic carbocycles. The van der Waals surface area contributed by atoms with Crippen LogP contribution in [0.25, 0.3) is 0 Å². The minimum absolute atomic E-state index is 0.0139. The number of primary amides is 1. The highest BCUT2D eigenvalue weighted by molar-refractivity contribution is 6.05. The number of hydrogen-bond acceptors (Lipinski definition) is 4. The molecule has 2 aromatic heterocycles. The summed E-state index contributed by atoms with van der Waals surface area (Å²) in [6.07, 6.45) is -3.37. The number of pyridine rings is 1. The molecule has 3 N–H and O–H groups in total. The molecule has 0 aliphatic heterocycles. The van der Waals surface area contributed by atoms with E-state index >= 15 is 0 Å². The van der Waals surface area contributed by atoms with E-state index in [0.717, 1.165) is 10.7 Å². The highest BCUT2D eigenvalue weighted by atomic mass is 19.4. The Morgan fingerprint density at radius 3 is 2.53 bits per heavy atom. The molecule has 0 spiro atoms. The van der Waals surface area contributed by atoms with E-state index in [1.54, 1.807) is 0 Å². The van der Waals surface area contributed by atoms with Crippen molar-refractivity contribution in [3.63, 3.8) is 0 Å². The number of halogens is 5. The monoisotopic (exact) mass is 457 g/mol. The van der Waals surface area contributed by atoms with Gasteiger partial charge in [0.05, 0.1) is 5.69 Å². The normalized spacial score (nSPS) is 20.3. The second-order valence-electron chi connectivity index (χ2n) is 8.28. The number of nitrogens with two attached hydrogens (primary N) is 1. The van der Waals surface area contributed by atoms with Crippen molar-refractivity contribution in [1.82, 2.24) is 14.8 Å². The summed E-state index contributed by atoms with van der Waals surface area (Å²) in [5, 5.41) is 6.39. The molecule has 4 rings (SSSR count). The van der Waals surface area contributed by atoms with Gasteiger partial charge in [0.15, 0.2) is 0 Å². The third kappa shape index (κ3) is 4.58. The van der Waals surface area contributed by atoms with Gasteiger partial charge in [0.2, 0.25) is 5.92 Å². The smallest absolute Gasteiger partial charge is 0.364 e. The van der Waals surface area contributed by atoms with Gasteiger partial charge in [-0.15, -0.1) is 0 Å². The number of nitrogens with one attached hydrogen (secondary N) is 1. The van der Waals surface area contributed by atoms with Crippen LogP contribution in [0.15, 0.2) is 18.3 Å². The van der Waals surface area contributed by atoms with Gasteiger partial charge in [0.1, 0.15) is 17.0 Å². The molecule has 7 nitrogen and oxygen atoms in total. The lowest BCUT2D eigenvalue weighted by Crippen LogP contribution is -2.24. The number of anilines is 1. The van der Waals surface area contributed by atoms with Crippen LogP contribution in [0.5, 0.6) is 0 Å². The van der Waals surface area contributed by atoms with Crippen molar-refractivity contribution in [1.29, 1.82) is 0 Å². The summed E-state index contributed by atoms with van der Waals surface area (Å²) in [5.41, 5.74) is 2.87. The number of rotatable bonds is 6. The summed E-state index contributed by atoms with van der Waals surface area (Å²) in [4.78, 5) is 28.0. The van der Waals surface area contributed by atoms with Crippen molar-refractivity contribution in [2.75, 3.05) is 5.32 Å². The van der Waals surface area contributed by atoms with Crippen molar-refractivity contribution in [3.8, 4) is 0 Å². The number of carbonyl (C=O) groups excluding carboxylic acids is 2. The fourth-order valence-corrected chi connectivity index (χ4v) is 4.04. The van der Waals surface area contributed by atoms with Crippen LogP contribution in [0.2, 0.25) is 0 Å². The van der Waals surface area contributed by atoms with E-state index in [1.165, 1.54) is 12.3 Å². The Hall–Kier alpha value is -3.05. The molecule has 2 saturated carbocycles. The van der Waals surface area contributed by atoms with Crippen LogP contribution in [0, 0.1) is 5.92 Å². The molecule has 172 valence electrons. The van der Waals surface area contributed by atoms with E-state index in [9.17, 15) is 31.5 Å². The highest BCUT2D eigenvalue weighted by Crippen LogP contribution is 2.47. The van der Waals surface area contributed by atoms with Gasteiger partial charge in [0.25, 0.3) is 11.8 Å². The maximum atomic E-state index is 14.0. The second kappa shape index (κ2) is 7.82. The summed E-state index contributed by atoms with van der Waals surface area (Å²) in [5.74, 6) is -5.89. The molecule has 2 amide bonds. The minimum atomic E-state index is -4.86. The van der Waals surface area contributed by atoms with Gasteiger partial charge >= 0.3 is 6.18 Å². The third-order valence-corrected chi connectivity index (χ3v) is 5.65. The molecule has 0 aromatic carbocycles. The van der Waals surface area contributed by atoms with Gasteiger partial charge in [-0.1, -0.05) is 0 Å². The predicted molar refractivity (Wildman–Crippen MR) is 102 cm³/mol. The van der Waals surface area contributed by atoms with Crippen LogP contribution >= 0.6 is 0 Å². The van der Waals surface area contributed by atoms with Gasteiger partial charge in [-0.3, -0.25) is 19.3 Å². The number of hydrogen-bond donors (Lipinski definition) is 2. The lowest BCUT2D eigenvalue weighted by Gasteiger charge is -2.15. The molecule has 0 saturated heterocycles. The fraction of sp³-hybridized carbons (Fsp3) is 0.500. The Balaban J connectivity index is 1.72. The molecule has 2 heterocycles. The maximum absolute atomic E-state index is 14.0. The summed E-state index contributed by atoms with van der Waals surface area (Å²) in [6.45, 7) is -0.225. The van der Waals surface area contributed by atoms with Crippen LogP contribution in [0.1, 0.15) is 70.3 Å². The maximum Gasteiger partial charge on any atom is 0.420 e.